The van der Waals surface area contributed by atoms with Crippen LogP contribution in [0.3, 0.4) is 0 Å². The van der Waals surface area contributed by atoms with Gasteiger partial charge in [-0.3, -0.25) is 9.89 Å². The summed E-state index contributed by atoms with van der Waals surface area (Å²) in [7, 11) is 0. The number of aromatic amines is 1. The standard InChI is InChI=1S/C17H17ClN4O2/c1-9-12-6-11(18)2-3-14(12)24-16(9)17(23)22-5-4-10(8-22)15-13(19)7-20-21-15/h2-3,6-7,10H,4-5,8,19H2,1H3,(H,20,21). The molecule has 1 amide bonds. The van der Waals surface area contributed by atoms with E-state index in [0.29, 0.717) is 35.1 Å². The lowest BCUT2D eigenvalue weighted by atomic mass is 10.0. The number of hydrogen-bond acceptors (Lipinski definition) is 4. The van der Waals surface area contributed by atoms with Crippen LogP contribution in [0.25, 0.3) is 11.0 Å². The molecular weight excluding hydrogens is 328 g/mol. The molecule has 1 aliphatic rings. The van der Waals surface area contributed by atoms with Gasteiger partial charge in [-0.2, -0.15) is 5.10 Å². The van der Waals surface area contributed by atoms with Gasteiger partial charge < -0.3 is 15.1 Å². The third-order valence-corrected chi connectivity index (χ3v) is 4.91. The topological polar surface area (TPSA) is 88.2 Å². The summed E-state index contributed by atoms with van der Waals surface area (Å²) < 4.78 is 5.78. The molecule has 124 valence electrons. The molecule has 3 N–H and O–H groups in total. The van der Waals surface area contributed by atoms with Crippen molar-refractivity contribution in [1.82, 2.24) is 15.1 Å². The molecule has 24 heavy (non-hydrogen) atoms. The van der Waals surface area contributed by atoms with E-state index in [1.807, 2.05) is 13.0 Å². The molecule has 4 rings (SSSR count). The Hall–Kier alpha value is -2.47. The average Bonchev–Trinajstić information content (AvgIpc) is 3.26. The highest BCUT2D eigenvalue weighted by atomic mass is 35.5. The average molecular weight is 345 g/mol. The van der Waals surface area contributed by atoms with E-state index in [9.17, 15) is 4.79 Å². The molecule has 1 atom stereocenters. The molecule has 3 aromatic rings. The molecule has 1 fully saturated rings. The number of nitrogens with zero attached hydrogens (tertiary/aromatic N) is 2. The summed E-state index contributed by atoms with van der Waals surface area (Å²) in [6.07, 6.45) is 2.45. The fraction of sp³-hybridized carbons (Fsp3) is 0.294. The van der Waals surface area contributed by atoms with E-state index in [-0.39, 0.29) is 11.8 Å². The van der Waals surface area contributed by atoms with Crippen LogP contribution in [0.2, 0.25) is 5.02 Å². The zero-order valence-electron chi connectivity index (χ0n) is 13.2. The number of nitrogens with one attached hydrogen (secondary N) is 1. The number of amides is 1. The van der Waals surface area contributed by atoms with Crippen molar-refractivity contribution in [3.63, 3.8) is 0 Å². The Morgan fingerprint density at radius 3 is 3.08 bits per heavy atom. The van der Waals surface area contributed by atoms with Crippen LogP contribution in [0.4, 0.5) is 5.69 Å². The number of aryl methyl sites for hydroxylation is 1. The van der Waals surface area contributed by atoms with Gasteiger partial charge in [-0.1, -0.05) is 11.6 Å². The minimum Gasteiger partial charge on any atom is -0.451 e. The second kappa shape index (κ2) is 5.56. The van der Waals surface area contributed by atoms with Crippen LogP contribution >= 0.6 is 11.6 Å². The number of H-pyrrole nitrogens is 1. The number of fused-ring (bicyclic) bond motifs is 1. The highest BCUT2D eigenvalue weighted by molar-refractivity contribution is 6.31. The Bertz CT molecular complexity index is 930. The number of carbonyl (C=O) groups excluding carboxylic acids is 1. The molecule has 1 aliphatic heterocycles. The largest absolute Gasteiger partial charge is 0.451 e. The number of aromatic nitrogens is 2. The smallest absolute Gasteiger partial charge is 0.289 e. The van der Waals surface area contributed by atoms with E-state index >= 15 is 0 Å². The fourth-order valence-electron chi connectivity index (χ4n) is 3.35. The zero-order valence-corrected chi connectivity index (χ0v) is 13.9. The van der Waals surface area contributed by atoms with Crippen molar-refractivity contribution in [3.8, 4) is 0 Å². The highest BCUT2D eigenvalue weighted by Crippen LogP contribution is 2.33. The lowest BCUT2D eigenvalue weighted by Crippen LogP contribution is -2.28. The molecule has 1 saturated heterocycles. The normalized spacial score (nSPS) is 17.8. The molecule has 0 aliphatic carbocycles. The molecule has 1 aromatic carbocycles. The maximum Gasteiger partial charge on any atom is 0.289 e. The molecule has 7 heteroatoms. The predicted octanol–water partition coefficient (Wildman–Crippen LogP) is 3.33. The van der Waals surface area contributed by atoms with Crippen molar-refractivity contribution in [2.75, 3.05) is 18.8 Å². The van der Waals surface area contributed by atoms with Crippen molar-refractivity contribution in [2.45, 2.75) is 19.3 Å². The first-order chi connectivity index (χ1) is 11.5. The number of anilines is 1. The monoisotopic (exact) mass is 344 g/mol. The minimum absolute atomic E-state index is 0.0968. The molecule has 6 nitrogen and oxygen atoms in total. The second-order valence-corrected chi connectivity index (χ2v) is 6.61. The summed E-state index contributed by atoms with van der Waals surface area (Å²) in [5.74, 6) is 0.460. The summed E-state index contributed by atoms with van der Waals surface area (Å²) in [5, 5.41) is 8.40. The number of nitrogens with two attached hydrogens (primary N) is 1. The van der Waals surface area contributed by atoms with Gasteiger partial charge in [0, 0.05) is 35.0 Å². The van der Waals surface area contributed by atoms with Gasteiger partial charge in [-0.15, -0.1) is 0 Å². The van der Waals surface area contributed by atoms with Crippen LogP contribution in [0.5, 0.6) is 0 Å². The number of benzene rings is 1. The van der Waals surface area contributed by atoms with Crippen molar-refractivity contribution in [3.05, 3.63) is 46.4 Å². The number of likely N-dealkylation sites (tertiary alicyclic amines) is 1. The number of furan rings is 1. The maximum absolute atomic E-state index is 12.9. The van der Waals surface area contributed by atoms with Crippen LogP contribution in [-0.4, -0.2) is 34.1 Å². The summed E-state index contributed by atoms with van der Waals surface area (Å²) in [5.41, 5.74) is 8.95. The summed E-state index contributed by atoms with van der Waals surface area (Å²) >= 11 is 6.04. The van der Waals surface area contributed by atoms with Crippen LogP contribution in [-0.2, 0) is 0 Å². The molecule has 1 unspecified atom stereocenters. The Balaban J connectivity index is 1.61. The summed E-state index contributed by atoms with van der Waals surface area (Å²) in [6.45, 7) is 3.15. The highest BCUT2D eigenvalue weighted by Gasteiger charge is 2.32. The van der Waals surface area contributed by atoms with E-state index in [4.69, 9.17) is 21.8 Å². The van der Waals surface area contributed by atoms with E-state index in [2.05, 4.69) is 10.2 Å². The molecule has 0 saturated carbocycles. The van der Waals surface area contributed by atoms with Gasteiger partial charge in [0.15, 0.2) is 5.76 Å². The Morgan fingerprint density at radius 1 is 1.50 bits per heavy atom. The van der Waals surface area contributed by atoms with Crippen molar-refractivity contribution in [1.29, 1.82) is 0 Å². The van der Waals surface area contributed by atoms with Crippen LogP contribution < -0.4 is 5.73 Å². The van der Waals surface area contributed by atoms with Gasteiger partial charge in [0.1, 0.15) is 5.58 Å². The van der Waals surface area contributed by atoms with Gasteiger partial charge >= 0.3 is 0 Å². The van der Waals surface area contributed by atoms with Gasteiger partial charge in [-0.25, -0.2) is 0 Å². The van der Waals surface area contributed by atoms with Crippen molar-refractivity contribution < 1.29 is 9.21 Å². The van der Waals surface area contributed by atoms with Gasteiger partial charge in [0.25, 0.3) is 5.91 Å². The van der Waals surface area contributed by atoms with E-state index in [1.54, 1.807) is 23.2 Å². The number of halogens is 1. The molecule has 0 spiro atoms. The third-order valence-electron chi connectivity index (χ3n) is 4.68. The SMILES string of the molecule is Cc1c(C(=O)N2CCC(c3[nH]ncc3N)C2)oc2ccc(Cl)cc12. The van der Waals surface area contributed by atoms with Crippen LogP contribution in [0.15, 0.2) is 28.8 Å². The van der Waals surface area contributed by atoms with E-state index in [1.165, 1.54) is 0 Å². The number of carbonyl (C=O) groups is 1. The predicted molar refractivity (Wildman–Crippen MR) is 92.2 cm³/mol. The van der Waals surface area contributed by atoms with Gasteiger partial charge in [0.05, 0.1) is 17.6 Å². The maximum atomic E-state index is 12.9. The lowest BCUT2D eigenvalue weighted by Gasteiger charge is -2.15. The first kappa shape index (κ1) is 15.1. The fourth-order valence-corrected chi connectivity index (χ4v) is 3.53. The Labute approximate surface area is 143 Å². The Morgan fingerprint density at radius 2 is 2.33 bits per heavy atom. The van der Waals surface area contributed by atoms with Crippen molar-refractivity contribution >= 4 is 34.2 Å². The van der Waals surface area contributed by atoms with Gasteiger partial charge in [0.2, 0.25) is 0 Å². The minimum atomic E-state index is -0.0968. The number of hydrogen-bond donors (Lipinski definition) is 2. The molecule has 0 radical (unpaired) electrons. The van der Waals surface area contributed by atoms with Crippen LogP contribution in [0.1, 0.15) is 34.2 Å². The molecule has 2 aromatic heterocycles. The zero-order chi connectivity index (χ0) is 16.8. The first-order valence-corrected chi connectivity index (χ1v) is 8.19. The summed E-state index contributed by atoms with van der Waals surface area (Å²) in [6, 6.07) is 5.37. The number of nitrogen functional groups attached to an aromatic ring is 1. The molecule has 3 heterocycles. The van der Waals surface area contributed by atoms with E-state index in [0.717, 1.165) is 23.1 Å². The molecule has 0 bridgehead atoms. The lowest BCUT2D eigenvalue weighted by molar-refractivity contribution is 0.0760. The Kier molecular flexibility index (Phi) is 3.49. The first-order valence-electron chi connectivity index (χ1n) is 7.81. The summed E-state index contributed by atoms with van der Waals surface area (Å²) in [4.78, 5) is 14.7. The second-order valence-electron chi connectivity index (χ2n) is 6.17. The third kappa shape index (κ3) is 2.34. The van der Waals surface area contributed by atoms with Crippen LogP contribution in [0, 0.1) is 6.92 Å². The number of rotatable bonds is 2. The van der Waals surface area contributed by atoms with Crippen molar-refractivity contribution in [2.24, 2.45) is 0 Å². The van der Waals surface area contributed by atoms with E-state index < -0.39 is 0 Å². The molecular formula is C17H17ClN4O2. The van der Waals surface area contributed by atoms with Gasteiger partial charge in [-0.05, 0) is 31.5 Å². The quantitative estimate of drug-likeness (QED) is 0.746.